The van der Waals surface area contributed by atoms with Crippen LogP contribution in [-0.4, -0.2) is 34.6 Å². The zero-order valence-corrected chi connectivity index (χ0v) is 18.0. The lowest BCUT2D eigenvalue weighted by atomic mass is 10.0. The van der Waals surface area contributed by atoms with E-state index < -0.39 is 0 Å². The first-order chi connectivity index (χ1) is 16.2. The van der Waals surface area contributed by atoms with Crippen molar-refractivity contribution >= 4 is 23.1 Å². The molecule has 4 aromatic rings. The Morgan fingerprint density at radius 3 is 2.55 bits per heavy atom. The van der Waals surface area contributed by atoms with Gasteiger partial charge in [0.15, 0.2) is 5.82 Å². The summed E-state index contributed by atoms with van der Waals surface area (Å²) in [5, 5.41) is 10.2. The van der Waals surface area contributed by atoms with Crippen molar-refractivity contribution in [2.45, 2.75) is 12.8 Å². The second-order valence-corrected chi connectivity index (χ2v) is 8.04. The number of carbonyl (C=O) groups excluding carboxylic acids is 2. The number of aromatic nitrogens is 2. The third-order valence-electron chi connectivity index (χ3n) is 5.56. The maximum Gasteiger partial charge on any atom is 0.251 e. The molecule has 2 aromatic heterocycles. The molecule has 166 valence electrons. The summed E-state index contributed by atoms with van der Waals surface area (Å²) in [6.45, 7) is 0.816. The molecule has 7 heteroatoms. The van der Waals surface area contributed by atoms with Gasteiger partial charge in [-0.2, -0.15) is 5.10 Å². The summed E-state index contributed by atoms with van der Waals surface area (Å²) in [7, 11) is 0. The maximum absolute atomic E-state index is 12.5. The molecular formula is C26H24N4O3. The van der Waals surface area contributed by atoms with E-state index in [1.807, 2.05) is 66.9 Å². The predicted molar refractivity (Wildman–Crippen MR) is 126 cm³/mol. The number of nitrogens with zero attached hydrogens (tertiary/aromatic N) is 2. The van der Waals surface area contributed by atoms with E-state index in [2.05, 4.69) is 15.7 Å². The van der Waals surface area contributed by atoms with E-state index in [4.69, 9.17) is 4.74 Å². The summed E-state index contributed by atoms with van der Waals surface area (Å²) in [4.78, 5) is 24.5. The first-order valence-corrected chi connectivity index (χ1v) is 11.0. The van der Waals surface area contributed by atoms with E-state index in [-0.39, 0.29) is 17.7 Å². The second-order valence-electron chi connectivity index (χ2n) is 8.04. The van der Waals surface area contributed by atoms with Gasteiger partial charge in [-0.1, -0.05) is 36.4 Å². The van der Waals surface area contributed by atoms with E-state index in [1.54, 1.807) is 16.6 Å². The van der Waals surface area contributed by atoms with Gasteiger partial charge in [-0.05, 0) is 48.7 Å². The smallest absolute Gasteiger partial charge is 0.251 e. The first-order valence-electron chi connectivity index (χ1n) is 11.0. The van der Waals surface area contributed by atoms with Crippen molar-refractivity contribution in [2.75, 3.05) is 18.5 Å². The summed E-state index contributed by atoms with van der Waals surface area (Å²) in [5.74, 6) is 1.33. The van der Waals surface area contributed by atoms with Crippen LogP contribution < -0.4 is 15.4 Å². The number of ether oxygens (including phenoxy) is 1. The van der Waals surface area contributed by atoms with E-state index in [0.29, 0.717) is 24.5 Å². The summed E-state index contributed by atoms with van der Waals surface area (Å²) in [6, 6.07) is 22.7. The van der Waals surface area contributed by atoms with Gasteiger partial charge in [0.1, 0.15) is 12.4 Å². The number of para-hydroxylation sites is 1. The van der Waals surface area contributed by atoms with Crippen LogP contribution in [0.5, 0.6) is 5.75 Å². The lowest BCUT2D eigenvalue weighted by Crippen LogP contribution is -2.28. The Morgan fingerprint density at radius 1 is 1.00 bits per heavy atom. The molecule has 1 aliphatic carbocycles. The van der Waals surface area contributed by atoms with Gasteiger partial charge in [-0.3, -0.25) is 9.59 Å². The third kappa shape index (κ3) is 4.87. The minimum atomic E-state index is -0.147. The molecular weight excluding hydrogens is 416 g/mol. The number of carbonyl (C=O) groups is 2. The van der Waals surface area contributed by atoms with E-state index in [9.17, 15) is 9.59 Å². The number of hydrogen-bond donors (Lipinski definition) is 2. The largest absolute Gasteiger partial charge is 0.492 e. The lowest BCUT2D eigenvalue weighted by molar-refractivity contribution is -0.117. The normalized spacial score (nSPS) is 13.0. The SMILES string of the molecule is O=C(NCCOc1ccccc1)c1ccc(-c2cccn3nc(NC(=O)C4CC4)cc23)cc1. The van der Waals surface area contributed by atoms with Crippen molar-refractivity contribution in [3.8, 4) is 16.9 Å². The van der Waals surface area contributed by atoms with E-state index >= 15 is 0 Å². The van der Waals surface area contributed by atoms with Crippen molar-refractivity contribution < 1.29 is 14.3 Å². The maximum atomic E-state index is 12.5. The average Bonchev–Trinajstić information content (AvgIpc) is 3.62. The number of pyridine rings is 1. The number of nitrogens with one attached hydrogen (secondary N) is 2. The molecule has 33 heavy (non-hydrogen) atoms. The van der Waals surface area contributed by atoms with E-state index in [1.165, 1.54) is 0 Å². The first kappa shape index (κ1) is 20.8. The Kier molecular flexibility index (Phi) is 5.76. The van der Waals surface area contributed by atoms with Crippen LogP contribution >= 0.6 is 0 Å². The number of amides is 2. The van der Waals surface area contributed by atoms with Gasteiger partial charge in [-0.25, -0.2) is 4.52 Å². The van der Waals surface area contributed by atoms with Crippen LogP contribution in [0.25, 0.3) is 16.6 Å². The van der Waals surface area contributed by atoms with Crippen LogP contribution in [0.1, 0.15) is 23.2 Å². The van der Waals surface area contributed by atoms with E-state index in [0.717, 1.165) is 35.2 Å². The van der Waals surface area contributed by atoms with Crippen molar-refractivity contribution in [3.05, 3.63) is 84.6 Å². The molecule has 2 amide bonds. The molecule has 1 fully saturated rings. The van der Waals surface area contributed by atoms with Gasteiger partial charge in [0.2, 0.25) is 5.91 Å². The third-order valence-corrected chi connectivity index (χ3v) is 5.56. The molecule has 0 unspecified atom stereocenters. The molecule has 2 heterocycles. The molecule has 1 saturated carbocycles. The van der Waals surface area contributed by atoms with Crippen molar-refractivity contribution in [1.82, 2.24) is 14.9 Å². The Labute approximate surface area is 191 Å². The van der Waals surface area contributed by atoms with Crippen LogP contribution in [0, 0.1) is 5.92 Å². The number of hydrogen-bond acceptors (Lipinski definition) is 4. The monoisotopic (exact) mass is 440 g/mol. The quantitative estimate of drug-likeness (QED) is 0.403. The standard InChI is InChI=1S/C26H24N4O3/c31-25(27-14-16-33-21-5-2-1-3-6-21)19-10-8-18(9-11-19)22-7-4-15-30-23(22)17-24(29-30)28-26(32)20-12-13-20/h1-11,15,17,20H,12-14,16H2,(H,27,31)(H,28,29,32). The van der Waals surface area contributed by atoms with Gasteiger partial charge < -0.3 is 15.4 Å². The highest BCUT2D eigenvalue weighted by molar-refractivity contribution is 5.96. The molecule has 5 rings (SSSR count). The Bertz CT molecular complexity index is 1280. The highest BCUT2D eigenvalue weighted by Gasteiger charge is 2.30. The fraction of sp³-hybridized carbons (Fsp3) is 0.192. The highest BCUT2D eigenvalue weighted by atomic mass is 16.5. The van der Waals surface area contributed by atoms with Gasteiger partial charge in [0.05, 0.1) is 12.1 Å². The molecule has 7 nitrogen and oxygen atoms in total. The molecule has 0 saturated heterocycles. The van der Waals surface area contributed by atoms with Gasteiger partial charge in [0, 0.05) is 29.3 Å². The van der Waals surface area contributed by atoms with Gasteiger partial charge in [-0.15, -0.1) is 0 Å². The Morgan fingerprint density at radius 2 is 1.79 bits per heavy atom. The van der Waals surface area contributed by atoms with Gasteiger partial charge in [0.25, 0.3) is 5.91 Å². The summed E-state index contributed by atoms with van der Waals surface area (Å²) < 4.78 is 7.36. The van der Waals surface area contributed by atoms with Gasteiger partial charge >= 0.3 is 0 Å². The van der Waals surface area contributed by atoms with Crippen LogP contribution in [0.4, 0.5) is 5.82 Å². The van der Waals surface area contributed by atoms with Crippen molar-refractivity contribution in [2.24, 2.45) is 5.92 Å². The Balaban J connectivity index is 1.23. The molecule has 2 aromatic carbocycles. The minimum Gasteiger partial charge on any atom is -0.492 e. The second kappa shape index (κ2) is 9.16. The Hall–Kier alpha value is -4.13. The molecule has 2 N–H and O–H groups in total. The highest BCUT2D eigenvalue weighted by Crippen LogP contribution is 2.31. The van der Waals surface area contributed by atoms with Crippen LogP contribution in [0.3, 0.4) is 0 Å². The molecule has 1 aliphatic rings. The topological polar surface area (TPSA) is 84.7 Å². The molecule has 0 spiro atoms. The zero-order valence-electron chi connectivity index (χ0n) is 18.0. The predicted octanol–water partition coefficient (Wildman–Crippen LogP) is 4.16. The van der Waals surface area contributed by atoms with Crippen molar-refractivity contribution in [3.63, 3.8) is 0 Å². The number of rotatable bonds is 8. The van der Waals surface area contributed by atoms with Crippen LogP contribution in [-0.2, 0) is 4.79 Å². The average molecular weight is 441 g/mol. The number of anilines is 1. The molecule has 0 aliphatic heterocycles. The number of benzene rings is 2. The van der Waals surface area contributed by atoms with Crippen LogP contribution in [0.15, 0.2) is 79.0 Å². The molecule has 0 atom stereocenters. The fourth-order valence-corrected chi connectivity index (χ4v) is 3.65. The van der Waals surface area contributed by atoms with Crippen molar-refractivity contribution in [1.29, 1.82) is 0 Å². The summed E-state index contributed by atoms with van der Waals surface area (Å²) in [6.07, 6.45) is 3.75. The number of fused-ring (bicyclic) bond motifs is 1. The summed E-state index contributed by atoms with van der Waals surface area (Å²) >= 11 is 0. The fourth-order valence-electron chi connectivity index (χ4n) is 3.65. The minimum absolute atomic E-state index is 0.0319. The summed E-state index contributed by atoms with van der Waals surface area (Å²) in [5.41, 5.74) is 3.40. The lowest BCUT2D eigenvalue weighted by Gasteiger charge is -2.09. The molecule has 0 bridgehead atoms. The molecule has 0 radical (unpaired) electrons. The zero-order chi connectivity index (χ0) is 22.6. The van der Waals surface area contributed by atoms with Crippen LogP contribution in [0.2, 0.25) is 0 Å².